The zero-order valence-corrected chi connectivity index (χ0v) is 13.0. The van der Waals surface area contributed by atoms with Gasteiger partial charge in [0, 0.05) is 5.56 Å². The van der Waals surface area contributed by atoms with Crippen LogP contribution >= 0.6 is 11.6 Å². The zero-order chi connectivity index (χ0) is 15.1. The molecule has 0 aliphatic heterocycles. The fourth-order valence-corrected chi connectivity index (χ4v) is 2.08. The molecule has 0 heterocycles. The number of ketones is 1. The lowest BCUT2D eigenvalue weighted by Gasteiger charge is -2.06. The summed E-state index contributed by atoms with van der Waals surface area (Å²) in [5.41, 5.74) is 2.56. The summed E-state index contributed by atoms with van der Waals surface area (Å²) < 4.78 is 5.11. The second-order valence-electron chi connectivity index (χ2n) is 3.98. The Labute approximate surface area is 125 Å². The lowest BCUT2D eigenvalue weighted by atomic mass is 10.0. The first-order valence-corrected chi connectivity index (χ1v) is 6.94. The summed E-state index contributed by atoms with van der Waals surface area (Å²) in [5, 5.41) is 0.482. The quantitative estimate of drug-likeness (QED) is 0.722. The van der Waals surface area contributed by atoms with Crippen molar-refractivity contribution in [2.45, 2.75) is 20.8 Å². The van der Waals surface area contributed by atoms with Gasteiger partial charge in [-0.05, 0) is 42.3 Å². The summed E-state index contributed by atoms with van der Waals surface area (Å²) in [4.78, 5) is 11.3. The molecule has 0 fully saturated rings. The van der Waals surface area contributed by atoms with Gasteiger partial charge >= 0.3 is 0 Å². The van der Waals surface area contributed by atoms with Gasteiger partial charge in [-0.3, -0.25) is 4.79 Å². The Morgan fingerprint density at radius 1 is 1.00 bits per heavy atom. The maximum absolute atomic E-state index is 11.3. The maximum Gasteiger partial charge on any atom is 0.161 e. The van der Waals surface area contributed by atoms with E-state index < -0.39 is 0 Å². The van der Waals surface area contributed by atoms with Gasteiger partial charge in [0.25, 0.3) is 0 Å². The minimum absolute atomic E-state index is 0.0266. The fraction of sp³-hybridized carbons (Fsp3) is 0.235. The number of ether oxygens (including phenoxy) is 1. The number of carbonyl (C=O) groups is 1. The first kappa shape index (κ1) is 16.3. The lowest BCUT2D eigenvalue weighted by Crippen LogP contribution is -1.93. The van der Waals surface area contributed by atoms with Crippen LogP contribution in [0.2, 0.25) is 5.02 Å². The predicted octanol–water partition coefficient (Wildman–Crippen LogP) is 5.24. The second-order valence-corrected chi connectivity index (χ2v) is 4.39. The summed E-state index contributed by atoms with van der Waals surface area (Å²) in [6, 6.07) is 13.1. The molecular formula is C17H19ClO2. The van der Waals surface area contributed by atoms with Crippen LogP contribution in [-0.4, -0.2) is 12.9 Å². The standard InChI is InChI=1S/C15H13ClO2.C2H6/c1-10(17)14-8-5-12(9-15(14)16)11-3-6-13(18-2)7-4-11;1-2/h3-9H,1-2H3;1-2H3. The molecule has 2 rings (SSSR count). The molecule has 2 aromatic rings. The summed E-state index contributed by atoms with van der Waals surface area (Å²) in [6.07, 6.45) is 0. The average molecular weight is 291 g/mol. The van der Waals surface area contributed by atoms with Crippen LogP contribution < -0.4 is 4.74 Å². The van der Waals surface area contributed by atoms with Crippen LogP contribution in [0.25, 0.3) is 11.1 Å². The van der Waals surface area contributed by atoms with Crippen molar-refractivity contribution in [1.82, 2.24) is 0 Å². The van der Waals surface area contributed by atoms with Gasteiger partial charge in [-0.2, -0.15) is 0 Å². The topological polar surface area (TPSA) is 26.3 Å². The van der Waals surface area contributed by atoms with Crippen molar-refractivity contribution in [2.24, 2.45) is 0 Å². The molecule has 3 heteroatoms. The SMILES string of the molecule is CC.COc1ccc(-c2ccc(C(C)=O)c(Cl)c2)cc1. The van der Waals surface area contributed by atoms with E-state index in [1.807, 2.05) is 44.2 Å². The van der Waals surface area contributed by atoms with E-state index in [0.29, 0.717) is 10.6 Å². The van der Waals surface area contributed by atoms with E-state index in [9.17, 15) is 4.79 Å². The highest BCUT2D eigenvalue weighted by molar-refractivity contribution is 6.34. The highest BCUT2D eigenvalue weighted by Crippen LogP contribution is 2.27. The molecule has 2 nitrogen and oxygen atoms in total. The van der Waals surface area contributed by atoms with Crippen molar-refractivity contribution < 1.29 is 9.53 Å². The Kier molecular flexibility index (Phi) is 6.26. The summed E-state index contributed by atoms with van der Waals surface area (Å²) in [5.74, 6) is 0.784. The molecule has 0 bridgehead atoms. The third kappa shape index (κ3) is 3.84. The summed E-state index contributed by atoms with van der Waals surface area (Å²) in [7, 11) is 1.63. The van der Waals surface area contributed by atoms with Crippen LogP contribution in [0.1, 0.15) is 31.1 Å². The summed E-state index contributed by atoms with van der Waals surface area (Å²) in [6.45, 7) is 5.51. The predicted molar refractivity (Wildman–Crippen MR) is 84.8 cm³/mol. The Morgan fingerprint density at radius 2 is 1.55 bits per heavy atom. The molecule has 0 aliphatic carbocycles. The van der Waals surface area contributed by atoms with Crippen LogP contribution in [0.4, 0.5) is 0 Å². The van der Waals surface area contributed by atoms with Gasteiger partial charge in [0.2, 0.25) is 0 Å². The van der Waals surface area contributed by atoms with E-state index in [0.717, 1.165) is 16.9 Å². The smallest absolute Gasteiger partial charge is 0.161 e. The molecule has 0 amide bonds. The number of hydrogen-bond acceptors (Lipinski definition) is 2. The maximum atomic E-state index is 11.3. The highest BCUT2D eigenvalue weighted by atomic mass is 35.5. The zero-order valence-electron chi connectivity index (χ0n) is 12.2. The Bertz CT molecular complexity index is 574. The molecule has 0 saturated carbocycles. The van der Waals surface area contributed by atoms with Gasteiger partial charge in [0.1, 0.15) is 5.75 Å². The molecular weight excluding hydrogens is 272 g/mol. The molecule has 0 N–H and O–H groups in total. The van der Waals surface area contributed by atoms with Crippen LogP contribution in [-0.2, 0) is 0 Å². The van der Waals surface area contributed by atoms with Crippen LogP contribution in [0, 0.1) is 0 Å². The number of Topliss-reactive ketones (excluding diaryl/α,β-unsaturated/α-hetero) is 1. The van der Waals surface area contributed by atoms with Crippen molar-refractivity contribution in [3.8, 4) is 16.9 Å². The van der Waals surface area contributed by atoms with Gasteiger partial charge in [-0.15, -0.1) is 0 Å². The normalized spacial score (nSPS) is 9.45. The average Bonchev–Trinajstić information content (AvgIpc) is 2.49. The molecule has 2 aromatic carbocycles. The second kappa shape index (κ2) is 7.71. The largest absolute Gasteiger partial charge is 0.497 e. The van der Waals surface area contributed by atoms with E-state index in [-0.39, 0.29) is 5.78 Å². The molecule has 106 valence electrons. The van der Waals surface area contributed by atoms with Crippen molar-refractivity contribution in [3.63, 3.8) is 0 Å². The summed E-state index contributed by atoms with van der Waals surface area (Å²) >= 11 is 6.09. The third-order valence-corrected chi connectivity index (χ3v) is 3.08. The lowest BCUT2D eigenvalue weighted by molar-refractivity contribution is 0.101. The van der Waals surface area contributed by atoms with E-state index in [1.165, 1.54) is 6.92 Å². The van der Waals surface area contributed by atoms with Crippen LogP contribution in [0.15, 0.2) is 42.5 Å². The van der Waals surface area contributed by atoms with Crippen LogP contribution in [0.3, 0.4) is 0 Å². The Balaban J connectivity index is 0.000000956. The van der Waals surface area contributed by atoms with Crippen LogP contribution in [0.5, 0.6) is 5.75 Å². The molecule has 0 saturated heterocycles. The minimum atomic E-state index is -0.0266. The van der Waals surface area contributed by atoms with E-state index in [4.69, 9.17) is 16.3 Å². The number of rotatable bonds is 3. The number of benzene rings is 2. The molecule has 0 radical (unpaired) electrons. The highest BCUT2D eigenvalue weighted by Gasteiger charge is 2.07. The van der Waals surface area contributed by atoms with Gasteiger partial charge < -0.3 is 4.74 Å². The van der Waals surface area contributed by atoms with Gasteiger partial charge in [0.15, 0.2) is 5.78 Å². The number of methoxy groups -OCH3 is 1. The number of halogens is 1. The number of hydrogen-bond donors (Lipinski definition) is 0. The van der Waals surface area contributed by atoms with Crippen molar-refractivity contribution in [3.05, 3.63) is 53.1 Å². The van der Waals surface area contributed by atoms with Crippen molar-refractivity contribution in [1.29, 1.82) is 0 Å². The fourth-order valence-electron chi connectivity index (χ4n) is 1.76. The third-order valence-electron chi connectivity index (χ3n) is 2.77. The number of carbonyl (C=O) groups excluding carboxylic acids is 1. The molecule has 0 aromatic heterocycles. The van der Waals surface area contributed by atoms with E-state index >= 15 is 0 Å². The monoisotopic (exact) mass is 290 g/mol. The molecule has 20 heavy (non-hydrogen) atoms. The van der Waals surface area contributed by atoms with Gasteiger partial charge in [-0.1, -0.05) is 43.6 Å². The van der Waals surface area contributed by atoms with E-state index in [1.54, 1.807) is 19.2 Å². The minimum Gasteiger partial charge on any atom is -0.497 e. The first-order valence-electron chi connectivity index (χ1n) is 6.56. The first-order chi connectivity index (χ1) is 9.61. The Morgan fingerprint density at radius 3 is 2.00 bits per heavy atom. The Hall–Kier alpha value is -1.80. The molecule has 0 aliphatic rings. The van der Waals surface area contributed by atoms with Gasteiger partial charge in [-0.25, -0.2) is 0 Å². The van der Waals surface area contributed by atoms with Crippen molar-refractivity contribution >= 4 is 17.4 Å². The molecule has 0 spiro atoms. The van der Waals surface area contributed by atoms with E-state index in [2.05, 4.69) is 0 Å². The van der Waals surface area contributed by atoms with Crippen molar-refractivity contribution in [2.75, 3.05) is 7.11 Å². The van der Waals surface area contributed by atoms with Gasteiger partial charge in [0.05, 0.1) is 12.1 Å². The molecule has 0 unspecified atom stereocenters. The molecule has 0 atom stereocenters.